The Morgan fingerprint density at radius 3 is 2.50 bits per heavy atom. The molecular formula is C10H15NO3. The lowest BCUT2D eigenvalue weighted by atomic mass is 9.74. The summed E-state index contributed by atoms with van der Waals surface area (Å²) in [7, 11) is 0. The molecule has 0 radical (unpaired) electrons. The SMILES string of the molecule is CC(C)C(=O)N1CC2CC1C2C(=O)O. The maximum absolute atomic E-state index is 11.7. The van der Waals surface area contributed by atoms with Gasteiger partial charge in [-0.05, 0) is 12.3 Å². The molecule has 0 spiro atoms. The number of rotatable bonds is 2. The van der Waals surface area contributed by atoms with Crippen LogP contribution in [0.25, 0.3) is 0 Å². The smallest absolute Gasteiger partial charge is 0.308 e. The molecule has 3 atom stereocenters. The summed E-state index contributed by atoms with van der Waals surface area (Å²) in [4.78, 5) is 24.3. The molecule has 4 heteroatoms. The second kappa shape index (κ2) is 2.97. The van der Waals surface area contributed by atoms with E-state index >= 15 is 0 Å². The van der Waals surface area contributed by atoms with Gasteiger partial charge in [-0.1, -0.05) is 13.8 Å². The zero-order valence-corrected chi connectivity index (χ0v) is 8.43. The molecule has 78 valence electrons. The van der Waals surface area contributed by atoms with Crippen LogP contribution in [0, 0.1) is 17.8 Å². The molecule has 2 aliphatic heterocycles. The summed E-state index contributed by atoms with van der Waals surface area (Å²) in [5.41, 5.74) is 0. The van der Waals surface area contributed by atoms with Crippen LogP contribution >= 0.6 is 0 Å². The summed E-state index contributed by atoms with van der Waals surface area (Å²) >= 11 is 0. The van der Waals surface area contributed by atoms with Gasteiger partial charge in [0.1, 0.15) is 0 Å². The number of aliphatic carboxylic acids is 1. The summed E-state index contributed by atoms with van der Waals surface area (Å²) in [5.74, 6) is -0.756. The van der Waals surface area contributed by atoms with Gasteiger partial charge in [-0.15, -0.1) is 0 Å². The van der Waals surface area contributed by atoms with Gasteiger partial charge in [-0.3, -0.25) is 9.59 Å². The molecule has 0 aromatic heterocycles. The lowest BCUT2D eigenvalue weighted by molar-refractivity contribution is -0.148. The van der Waals surface area contributed by atoms with Crippen molar-refractivity contribution in [3.8, 4) is 0 Å². The average Bonchev–Trinajstić information content (AvgIpc) is 2.57. The monoisotopic (exact) mass is 197 g/mol. The summed E-state index contributed by atoms with van der Waals surface area (Å²) in [6, 6.07) is -0.0209. The van der Waals surface area contributed by atoms with Gasteiger partial charge in [-0.25, -0.2) is 0 Å². The summed E-state index contributed by atoms with van der Waals surface area (Å²) in [6.07, 6.45) is 0.884. The van der Waals surface area contributed by atoms with Crippen molar-refractivity contribution in [2.45, 2.75) is 26.3 Å². The van der Waals surface area contributed by atoms with Crippen molar-refractivity contribution in [3.05, 3.63) is 0 Å². The Bertz CT molecular complexity index is 287. The van der Waals surface area contributed by atoms with E-state index in [1.54, 1.807) is 4.90 Å². The van der Waals surface area contributed by atoms with E-state index in [0.717, 1.165) is 6.42 Å². The molecule has 2 bridgehead atoms. The Hall–Kier alpha value is -1.06. The number of hydrogen-bond donors (Lipinski definition) is 1. The van der Waals surface area contributed by atoms with Crippen LogP contribution in [0.2, 0.25) is 0 Å². The fourth-order valence-corrected chi connectivity index (χ4v) is 2.57. The van der Waals surface area contributed by atoms with E-state index < -0.39 is 5.97 Å². The predicted molar refractivity (Wildman–Crippen MR) is 49.6 cm³/mol. The van der Waals surface area contributed by atoms with Gasteiger partial charge in [0.2, 0.25) is 5.91 Å². The molecule has 2 heterocycles. The highest BCUT2D eigenvalue weighted by molar-refractivity contribution is 5.82. The normalized spacial score (nSPS) is 34.5. The second-order valence-electron chi connectivity index (χ2n) is 4.57. The molecule has 3 fully saturated rings. The van der Waals surface area contributed by atoms with E-state index in [9.17, 15) is 9.59 Å². The summed E-state index contributed by atoms with van der Waals surface area (Å²) in [6.45, 7) is 4.36. The van der Waals surface area contributed by atoms with Gasteiger partial charge < -0.3 is 10.0 Å². The highest BCUT2D eigenvalue weighted by Crippen LogP contribution is 2.46. The predicted octanol–water partition coefficient (Wildman–Crippen LogP) is 0.574. The summed E-state index contributed by atoms with van der Waals surface area (Å²) < 4.78 is 0. The van der Waals surface area contributed by atoms with Gasteiger partial charge >= 0.3 is 5.97 Å². The Kier molecular flexibility index (Phi) is 2.01. The molecule has 2 saturated heterocycles. The minimum Gasteiger partial charge on any atom is -0.481 e. The molecule has 1 saturated carbocycles. The van der Waals surface area contributed by atoms with Crippen LogP contribution in [0.3, 0.4) is 0 Å². The van der Waals surface area contributed by atoms with Crippen molar-refractivity contribution in [3.63, 3.8) is 0 Å². The van der Waals surface area contributed by atoms with E-state index in [1.165, 1.54) is 0 Å². The van der Waals surface area contributed by atoms with E-state index in [0.29, 0.717) is 6.54 Å². The van der Waals surface area contributed by atoms with Crippen molar-refractivity contribution in [2.75, 3.05) is 6.54 Å². The fourth-order valence-electron chi connectivity index (χ4n) is 2.57. The zero-order chi connectivity index (χ0) is 10.5. The van der Waals surface area contributed by atoms with Crippen LogP contribution in [0.5, 0.6) is 0 Å². The van der Waals surface area contributed by atoms with Crippen molar-refractivity contribution < 1.29 is 14.7 Å². The molecule has 4 nitrogen and oxygen atoms in total. The molecule has 1 aliphatic carbocycles. The first kappa shape index (κ1) is 9.49. The van der Waals surface area contributed by atoms with E-state index in [-0.39, 0.29) is 29.7 Å². The van der Waals surface area contributed by atoms with Crippen molar-refractivity contribution in [1.29, 1.82) is 0 Å². The molecular weight excluding hydrogens is 182 g/mol. The maximum Gasteiger partial charge on any atom is 0.308 e. The van der Waals surface area contributed by atoms with Gasteiger partial charge in [0.15, 0.2) is 0 Å². The molecule has 14 heavy (non-hydrogen) atoms. The lowest BCUT2D eigenvalue weighted by Crippen LogP contribution is -2.45. The maximum atomic E-state index is 11.7. The Morgan fingerprint density at radius 1 is 1.43 bits per heavy atom. The molecule has 0 aromatic rings. The van der Waals surface area contributed by atoms with Gasteiger partial charge in [0.25, 0.3) is 0 Å². The number of hydrogen-bond acceptors (Lipinski definition) is 2. The van der Waals surface area contributed by atoms with Crippen LogP contribution in [-0.2, 0) is 9.59 Å². The first-order chi connectivity index (χ1) is 6.52. The first-order valence-electron chi connectivity index (χ1n) is 5.05. The average molecular weight is 197 g/mol. The zero-order valence-electron chi connectivity index (χ0n) is 8.43. The minimum atomic E-state index is -0.745. The topological polar surface area (TPSA) is 57.6 Å². The van der Waals surface area contributed by atoms with Crippen LogP contribution < -0.4 is 0 Å². The second-order valence-corrected chi connectivity index (χ2v) is 4.57. The molecule has 3 aliphatic rings. The quantitative estimate of drug-likeness (QED) is 0.704. The van der Waals surface area contributed by atoms with E-state index in [4.69, 9.17) is 5.11 Å². The van der Waals surface area contributed by atoms with Gasteiger partial charge in [0, 0.05) is 18.5 Å². The Morgan fingerprint density at radius 2 is 2.07 bits per heavy atom. The molecule has 1 amide bonds. The highest BCUT2D eigenvalue weighted by Gasteiger charge is 2.57. The van der Waals surface area contributed by atoms with E-state index in [1.807, 2.05) is 13.8 Å². The van der Waals surface area contributed by atoms with Gasteiger partial charge in [-0.2, -0.15) is 0 Å². The number of carboxylic acids is 1. The van der Waals surface area contributed by atoms with Crippen molar-refractivity contribution >= 4 is 11.9 Å². The van der Waals surface area contributed by atoms with Gasteiger partial charge in [0.05, 0.1) is 5.92 Å². The Labute approximate surface area is 82.9 Å². The first-order valence-corrected chi connectivity index (χ1v) is 5.05. The largest absolute Gasteiger partial charge is 0.481 e. The third-order valence-corrected chi connectivity index (χ3v) is 3.36. The van der Waals surface area contributed by atoms with Crippen molar-refractivity contribution in [2.24, 2.45) is 17.8 Å². The third kappa shape index (κ3) is 1.13. The van der Waals surface area contributed by atoms with Crippen LogP contribution in [0.4, 0.5) is 0 Å². The van der Waals surface area contributed by atoms with Crippen LogP contribution in [-0.4, -0.2) is 34.5 Å². The minimum absolute atomic E-state index is 0.0209. The fraction of sp³-hybridized carbons (Fsp3) is 0.800. The van der Waals surface area contributed by atoms with Crippen LogP contribution in [0.1, 0.15) is 20.3 Å². The van der Waals surface area contributed by atoms with Crippen molar-refractivity contribution in [1.82, 2.24) is 4.90 Å². The molecule has 3 rings (SSSR count). The number of carbonyl (C=O) groups is 2. The summed E-state index contributed by atoms with van der Waals surface area (Å²) in [5, 5.41) is 8.91. The third-order valence-electron chi connectivity index (χ3n) is 3.36. The number of carbonyl (C=O) groups excluding carboxylic acids is 1. The molecule has 1 N–H and O–H groups in total. The van der Waals surface area contributed by atoms with Crippen LogP contribution in [0.15, 0.2) is 0 Å². The number of amides is 1. The van der Waals surface area contributed by atoms with E-state index in [2.05, 4.69) is 0 Å². The number of fused-ring (bicyclic) bond motifs is 1. The molecule has 3 unspecified atom stereocenters. The number of carboxylic acid groups (broad SMARTS) is 1. The lowest BCUT2D eigenvalue weighted by Gasteiger charge is -2.33. The molecule has 0 aromatic carbocycles. The standard InChI is InChI=1S/C10H15NO3/c1-5(2)9(12)11-4-6-3-7(11)8(6)10(13)14/h5-8H,3-4H2,1-2H3,(H,13,14). The Balaban J connectivity index is 2.07. The highest BCUT2D eigenvalue weighted by atomic mass is 16.4. The number of nitrogens with zero attached hydrogens (tertiary/aromatic N) is 1.